The molecule has 0 fully saturated rings. The molecule has 0 atom stereocenters. The molecule has 4 nitrogen and oxygen atoms in total. The van der Waals surface area contributed by atoms with Crippen molar-refractivity contribution in [1.82, 2.24) is 0 Å². The Hall–Kier alpha value is -1.50. The molecule has 0 unspecified atom stereocenters. The highest BCUT2D eigenvalue weighted by molar-refractivity contribution is 9.19. The van der Waals surface area contributed by atoms with Crippen molar-refractivity contribution in [2.24, 2.45) is 5.10 Å². The van der Waals surface area contributed by atoms with Crippen LogP contribution in [-0.2, 0) is 9.53 Å². The van der Waals surface area contributed by atoms with Crippen molar-refractivity contribution in [3.63, 3.8) is 0 Å². The Labute approximate surface area is 105 Å². The molecular formula is C10H9BrF2N2O2. The molecule has 1 N–H and O–H groups in total. The molecule has 92 valence electrons. The second kappa shape index (κ2) is 6.29. The molecule has 0 aromatic heterocycles. The van der Waals surface area contributed by atoms with Crippen molar-refractivity contribution in [2.45, 2.75) is 6.92 Å². The van der Waals surface area contributed by atoms with E-state index in [4.69, 9.17) is 0 Å². The highest BCUT2D eigenvalue weighted by Crippen LogP contribution is 2.15. The van der Waals surface area contributed by atoms with Crippen molar-refractivity contribution in [3.8, 4) is 0 Å². The molecule has 0 saturated carbocycles. The van der Waals surface area contributed by atoms with Crippen LogP contribution in [0.4, 0.5) is 14.5 Å². The number of carbonyl (C=O) groups excluding carboxylic acids is 1. The fourth-order valence-corrected chi connectivity index (χ4v) is 1.13. The van der Waals surface area contributed by atoms with E-state index in [0.29, 0.717) is 6.07 Å². The number of anilines is 1. The van der Waals surface area contributed by atoms with E-state index in [2.05, 4.69) is 31.2 Å². The molecular weight excluding hydrogens is 298 g/mol. The zero-order chi connectivity index (χ0) is 12.8. The van der Waals surface area contributed by atoms with Crippen molar-refractivity contribution in [3.05, 3.63) is 29.8 Å². The van der Waals surface area contributed by atoms with Gasteiger partial charge in [-0.1, -0.05) is 0 Å². The Morgan fingerprint density at radius 2 is 2.24 bits per heavy atom. The molecule has 0 radical (unpaired) electrons. The maximum atomic E-state index is 13.1. The normalized spacial score (nSPS) is 11.2. The van der Waals surface area contributed by atoms with Gasteiger partial charge in [0.15, 0.2) is 5.82 Å². The summed E-state index contributed by atoms with van der Waals surface area (Å²) in [5, 5.41) is 3.55. The van der Waals surface area contributed by atoms with Gasteiger partial charge in [-0.15, -0.1) is 0 Å². The quantitative estimate of drug-likeness (QED) is 0.528. The predicted octanol–water partition coefficient (Wildman–Crippen LogP) is 2.65. The zero-order valence-electron chi connectivity index (χ0n) is 8.84. The minimum absolute atomic E-state index is 0.0485. The number of hydrazone groups is 1. The third-order valence-electron chi connectivity index (χ3n) is 1.65. The zero-order valence-corrected chi connectivity index (χ0v) is 10.4. The highest BCUT2D eigenvalue weighted by atomic mass is 79.9. The summed E-state index contributed by atoms with van der Waals surface area (Å²) < 4.78 is 30.2. The van der Waals surface area contributed by atoms with Gasteiger partial charge in [-0.2, -0.15) is 5.10 Å². The standard InChI is InChI=1S/C10H9BrF2N2O2/c1-2-17-10(16)9(11)15-14-8-4-3-6(12)5-7(8)13/h3-5,14H,2H2,1H3/b15-9+. The lowest BCUT2D eigenvalue weighted by Gasteiger charge is -2.03. The van der Waals surface area contributed by atoms with Crippen LogP contribution in [0, 0.1) is 11.6 Å². The second-order valence-corrected chi connectivity index (χ2v) is 3.61. The van der Waals surface area contributed by atoms with Crippen LogP contribution >= 0.6 is 15.9 Å². The van der Waals surface area contributed by atoms with E-state index in [1.54, 1.807) is 6.92 Å². The summed E-state index contributed by atoms with van der Waals surface area (Å²) in [4.78, 5) is 11.1. The number of halogens is 3. The fourth-order valence-electron chi connectivity index (χ4n) is 0.926. The van der Waals surface area contributed by atoms with E-state index < -0.39 is 17.6 Å². The summed E-state index contributed by atoms with van der Waals surface area (Å²) in [7, 11) is 0. The maximum absolute atomic E-state index is 13.1. The van der Waals surface area contributed by atoms with E-state index in [9.17, 15) is 13.6 Å². The first-order chi connectivity index (χ1) is 8.04. The Kier molecular flexibility index (Phi) is 5.02. The summed E-state index contributed by atoms with van der Waals surface area (Å²) in [5.41, 5.74) is 2.23. The fraction of sp³-hybridized carbons (Fsp3) is 0.200. The number of rotatable bonds is 4. The molecule has 7 heteroatoms. The van der Waals surface area contributed by atoms with Crippen molar-refractivity contribution in [2.75, 3.05) is 12.0 Å². The van der Waals surface area contributed by atoms with Crippen molar-refractivity contribution >= 4 is 32.2 Å². The van der Waals surface area contributed by atoms with E-state index in [1.165, 1.54) is 6.07 Å². The van der Waals surface area contributed by atoms with Crippen LogP contribution in [-0.4, -0.2) is 17.2 Å². The van der Waals surface area contributed by atoms with Crippen LogP contribution in [0.1, 0.15) is 6.92 Å². The number of nitrogens with zero attached hydrogens (tertiary/aromatic N) is 1. The van der Waals surface area contributed by atoms with Gasteiger partial charge >= 0.3 is 5.97 Å². The van der Waals surface area contributed by atoms with Gasteiger partial charge < -0.3 is 4.74 Å². The van der Waals surface area contributed by atoms with Crippen LogP contribution in [0.25, 0.3) is 0 Å². The number of ether oxygens (including phenoxy) is 1. The largest absolute Gasteiger partial charge is 0.461 e. The SMILES string of the molecule is CCOC(=O)/C(Br)=N\Nc1ccc(F)cc1F. The summed E-state index contributed by atoms with van der Waals surface area (Å²) >= 11 is 2.86. The van der Waals surface area contributed by atoms with Gasteiger partial charge in [-0.05, 0) is 35.0 Å². The van der Waals surface area contributed by atoms with E-state index in [0.717, 1.165) is 6.07 Å². The Balaban J connectivity index is 2.72. The number of hydrogen-bond donors (Lipinski definition) is 1. The number of esters is 1. The molecule has 0 amide bonds. The molecule has 0 aliphatic heterocycles. The molecule has 1 rings (SSSR count). The predicted molar refractivity (Wildman–Crippen MR) is 63.0 cm³/mol. The Morgan fingerprint density at radius 3 is 2.82 bits per heavy atom. The van der Waals surface area contributed by atoms with E-state index in [1.807, 2.05) is 0 Å². The minimum Gasteiger partial charge on any atom is -0.461 e. The first-order valence-electron chi connectivity index (χ1n) is 4.66. The van der Waals surface area contributed by atoms with Crippen molar-refractivity contribution < 1.29 is 18.3 Å². The van der Waals surface area contributed by atoms with Crippen LogP contribution < -0.4 is 5.43 Å². The summed E-state index contributed by atoms with van der Waals surface area (Å²) in [6.07, 6.45) is 0. The van der Waals surface area contributed by atoms with Gasteiger partial charge in [0, 0.05) is 6.07 Å². The molecule has 0 heterocycles. The van der Waals surface area contributed by atoms with Crippen LogP contribution in [0.3, 0.4) is 0 Å². The number of benzene rings is 1. The van der Waals surface area contributed by atoms with Crippen LogP contribution in [0.2, 0.25) is 0 Å². The Bertz CT molecular complexity index is 452. The van der Waals surface area contributed by atoms with Gasteiger partial charge in [-0.3, -0.25) is 5.43 Å². The average molecular weight is 307 g/mol. The summed E-state index contributed by atoms with van der Waals surface area (Å²) in [6, 6.07) is 2.94. The minimum atomic E-state index is -0.807. The number of carbonyl (C=O) groups is 1. The molecule has 17 heavy (non-hydrogen) atoms. The first-order valence-corrected chi connectivity index (χ1v) is 5.45. The monoisotopic (exact) mass is 306 g/mol. The smallest absolute Gasteiger partial charge is 0.366 e. The maximum Gasteiger partial charge on any atom is 0.366 e. The van der Waals surface area contributed by atoms with Crippen LogP contribution in [0.15, 0.2) is 23.3 Å². The van der Waals surface area contributed by atoms with Gasteiger partial charge in [-0.25, -0.2) is 13.6 Å². The molecule has 0 aliphatic rings. The topological polar surface area (TPSA) is 50.7 Å². The molecule has 0 saturated heterocycles. The van der Waals surface area contributed by atoms with Gasteiger partial charge in [0.25, 0.3) is 0 Å². The third-order valence-corrected chi connectivity index (χ3v) is 2.15. The van der Waals surface area contributed by atoms with E-state index in [-0.39, 0.29) is 16.9 Å². The third kappa shape index (κ3) is 4.10. The lowest BCUT2D eigenvalue weighted by atomic mass is 10.3. The first kappa shape index (κ1) is 13.6. The Morgan fingerprint density at radius 1 is 1.53 bits per heavy atom. The second-order valence-electron chi connectivity index (χ2n) is 2.86. The van der Waals surface area contributed by atoms with Crippen molar-refractivity contribution in [1.29, 1.82) is 0 Å². The van der Waals surface area contributed by atoms with Gasteiger partial charge in [0.2, 0.25) is 4.62 Å². The van der Waals surface area contributed by atoms with Gasteiger partial charge in [0.1, 0.15) is 5.82 Å². The molecule has 1 aromatic carbocycles. The van der Waals surface area contributed by atoms with Crippen LogP contribution in [0.5, 0.6) is 0 Å². The number of nitrogens with one attached hydrogen (secondary N) is 1. The lowest BCUT2D eigenvalue weighted by molar-refractivity contribution is -0.134. The highest BCUT2D eigenvalue weighted by Gasteiger charge is 2.09. The summed E-state index contributed by atoms with van der Waals surface area (Å²) in [6.45, 7) is 1.85. The molecule has 0 aliphatic carbocycles. The molecule has 0 spiro atoms. The molecule has 1 aromatic rings. The van der Waals surface area contributed by atoms with E-state index >= 15 is 0 Å². The van der Waals surface area contributed by atoms with Gasteiger partial charge in [0.05, 0.1) is 12.3 Å². The summed E-state index contributed by atoms with van der Waals surface area (Å²) in [5.74, 6) is -2.18. The average Bonchev–Trinajstić information content (AvgIpc) is 2.27. The molecule has 0 bridgehead atoms. The lowest BCUT2D eigenvalue weighted by Crippen LogP contribution is -2.13. The number of hydrogen-bond acceptors (Lipinski definition) is 4.